The van der Waals surface area contributed by atoms with Crippen molar-refractivity contribution in [3.8, 4) is 34.1 Å². The summed E-state index contributed by atoms with van der Waals surface area (Å²) in [6, 6.07) is 5.32. The zero-order valence-electron chi connectivity index (χ0n) is 17.1. The van der Waals surface area contributed by atoms with Crippen LogP contribution in [0.2, 0.25) is 0 Å². The van der Waals surface area contributed by atoms with Crippen LogP contribution in [0.1, 0.15) is 29.7 Å². The van der Waals surface area contributed by atoms with Crippen molar-refractivity contribution in [3.05, 3.63) is 34.9 Å². The van der Waals surface area contributed by atoms with Gasteiger partial charge in [0.1, 0.15) is 0 Å². The highest BCUT2D eigenvalue weighted by molar-refractivity contribution is 5.86. The first-order valence-corrected chi connectivity index (χ1v) is 9.65. The van der Waals surface area contributed by atoms with E-state index in [9.17, 15) is 9.90 Å². The number of rotatable bonds is 4. The Bertz CT molecular complexity index is 971. The molecule has 7 nitrogen and oxygen atoms in total. The maximum absolute atomic E-state index is 12.6. The number of carbonyl (C=O) groups is 1. The Balaban J connectivity index is 1.99. The third-order valence-electron chi connectivity index (χ3n) is 5.72. The van der Waals surface area contributed by atoms with Gasteiger partial charge in [0.15, 0.2) is 23.0 Å². The molecule has 29 heavy (non-hydrogen) atoms. The maximum atomic E-state index is 12.6. The van der Waals surface area contributed by atoms with Gasteiger partial charge in [0, 0.05) is 12.1 Å². The van der Waals surface area contributed by atoms with Gasteiger partial charge in [0.05, 0.1) is 34.0 Å². The van der Waals surface area contributed by atoms with E-state index in [-0.39, 0.29) is 17.9 Å². The number of phenols is 1. The lowest BCUT2D eigenvalue weighted by Crippen LogP contribution is -2.42. The Hall–Kier alpha value is -3.09. The number of benzene rings is 2. The van der Waals surface area contributed by atoms with Crippen LogP contribution < -0.4 is 14.2 Å². The zero-order chi connectivity index (χ0) is 20.7. The van der Waals surface area contributed by atoms with E-state index in [0.29, 0.717) is 43.2 Å². The Morgan fingerprint density at radius 2 is 1.86 bits per heavy atom. The molecule has 0 spiro atoms. The van der Waals surface area contributed by atoms with Crippen molar-refractivity contribution in [3.63, 3.8) is 0 Å². The van der Waals surface area contributed by atoms with Gasteiger partial charge in [0.25, 0.3) is 0 Å². The topological polar surface area (TPSA) is 77.5 Å². The minimum absolute atomic E-state index is 0.0651. The van der Waals surface area contributed by atoms with E-state index in [2.05, 4.69) is 0 Å². The summed E-state index contributed by atoms with van der Waals surface area (Å²) < 4.78 is 22.0. The zero-order valence-corrected chi connectivity index (χ0v) is 17.1. The molecule has 1 N–H and O–H groups in total. The third kappa shape index (κ3) is 2.92. The standard InChI is InChI=1S/C22H25NO6/c1-5-29-22(25)23-7-6-12-10-18(27-3)21(28-4)20-14-11-17(26-2)16(24)9-13(14)8-15(23)19(12)20/h9-11,15,24H,5-8H2,1-4H3/t15-/m0/s1. The van der Waals surface area contributed by atoms with E-state index in [1.807, 2.05) is 12.1 Å². The lowest BCUT2D eigenvalue weighted by Gasteiger charge is -2.41. The fourth-order valence-electron chi connectivity index (χ4n) is 4.49. The number of phenolic OH excluding ortho intramolecular Hbond substituents is 1. The van der Waals surface area contributed by atoms with Crippen LogP contribution >= 0.6 is 0 Å². The van der Waals surface area contributed by atoms with E-state index < -0.39 is 0 Å². The van der Waals surface area contributed by atoms with Gasteiger partial charge in [-0.15, -0.1) is 0 Å². The Labute approximate surface area is 169 Å². The Kier molecular flexibility index (Phi) is 4.90. The molecule has 0 saturated carbocycles. The fraction of sp³-hybridized carbons (Fsp3) is 0.409. The fourth-order valence-corrected chi connectivity index (χ4v) is 4.49. The van der Waals surface area contributed by atoms with Crippen molar-refractivity contribution < 1.29 is 28.8 Å². The molecule has 1 heterocycles. The summed E-state index contributed by atoms with van der Waals surface area (Å²) in [5.74, 6) is 1.70. The van der Waals surface area contributed by atoms with Crippen LogP contribution in [-0.2, 0) is 17.6 Å². The Morgan fingerprint density at radius 3 is 2.52 bits per heavy atom. The van der Waals surface area contributed by atoms with Gasteiger partial charge in [0.2, 0.25) is 0 Å². The van der Waals surface area contributed by atoms with Crippen molar-refractivity contribution >= 4 is 6.09 Å². The molecule has 2 aliphatic rings. The van der Waals surface area contributed by atoms with E-state index in [1.54, 1.807) is 32.1 Å². The number of carbonyl (C=O) groups excluding carboxylic acids is 1. The van der Waals surface area contributed by atoms with Crippen LogP contribution in [-0.4, -0.2) is 50.6 Å². The van der Waals surface area contributed by atoms with Crippen LogP contribution in [0.3, 0.4) is 0 Å². The first-order valence-electron chi connectivity index (χ1n) is 9.65. The summed E-state index contributed by atoms with van der Waals surface area (Å²) in [5, 5.41) is 10.3. The van der Waals surface area contributed by atoms with Crippen molar-refractivity contribution in [2.24, 2.45) is 0 Å². The number of fused-ring (bicyclic) bond motifs is 2. The number of amides is 1. The van der Waals surface area contributed by atoms with Gasteiger partial charge in [-0.2, -0.15) is 0 Å². The highest BCUT2D eigenvalue weighted by Gasteiger charge is 2.40. The molecule has 0 bridgehead atoms. The van der Waals surface area contributed by atoms with E-state index in [1.165, 1.54) is 7.11 Å². The summed E-state index contributed by atoms with van der Waals surface area (Å²) in [5.41, 5.74) is 4.87. The number of nitrogens with zero attached hydrogens (tertiary/aromatic N) is 1. The molecule has 1 atom stereocenters. The van der Waals surface area contributed by atoms with Gasteiger partial charge in [-0.3, -0.25) is 0 Å². The molecular formula is C22H25NO6. The predicted octanol–water partition coefficient (Wildman–Crippen LogP) is 3.70. The molecular weight excluding hydrogens is 374 g/mol. The number of hydrogen-bond acceptors (Lipinski definition) is 6. The van der Waals surface area contributed by atoms with Crippen LogP contribution in [0.15, 0.2) is 18.2 Å². The monoisotopic (exact) mass is 399 g/mol. The van der Waals surface area contributed by atoms with E-state index in [0.717, 1.165) is 27.8 Å². The largest absolute Gasteiger partial charge is 0.504 e. The second-order valence-corrected chi connectivity index (χ2v) is 7.10. The molecule has 2 aromatic rings. The quantitative estimate of drug-likeness (QED) is 0.845. The lowest BCUT2D eigenvalue weighted by molar-refractivity contribution is 0.0861. The lowest BCUT2D eigenvalue weighted by atomic mass is 9.76. The summed E-state index contributed by atoms with van der Waals surface area (Å²) >= 11 is 0. The summed E-state index contributed by atoms with van der Waals surface area (Å²) in [6.07, 6.45) is 0.939. The normalized spacial score (nSPS) is 16.6. The Morgan fingerprint density at radius 1 is 1.10 bits per heavy atom. The second kappa shape index (κ2) is 7.39. The van der Waals surface area contributed by atoms with Crippen molar-refractivity contribution in [1.29, 1.82) is 0 Å². The smallest absolute Gasteiger partial charge is 0.410 e. The number of aromatic hydroxyl groups is 1. The summed E-state index contributed by atoms with van der Waals surface area (Å²) in [7, 11) is 4.74. The van der Waals surface area contributed by atoms with Crippen LogP contribution in [0, 0.1) is 0 Å². The van der Waals surface area contributed by atoms with Gasteiger partial charge >= 0.3 is 6.09 Å². The molecule has 1 aliphatic carbocycles. The van der Waals surface area contributed by atoms with Gasteiger partial charge in [-0.1, -0.05) is 0 Å². The van der Waals surface area contributed by atoms with E-state index in [4.69, 9.17) is 18.9 Å². The molecule has 0 radical (unpaired) electrons. The SMILES string of the molecule is CCOC(=O)N1CCc2cc(OC)c(OC)c3c2[C@@H]1Cc1cc(O)c(OC)cc1-3. The van der Waals surface area contributed by atoms with Gasteiger partial charge < -0.3 is 29.0 Å². The first-order chi connectivity index (χ1) is 14.0. The second-order valence-electron chi connectivity index (χ2n) is 7.10. The average molecular weight is 399 g/mol. The highest BCUT2D eigenvalue weighted by Crippen LogP contribution is 2.54. The molecule has 7 heteroatoms. The minimum Gasteiger partial charge on any atom is -0.504 e. The number of ether oxygens (including phenoxy) is 4. The molecule has 154 valence electrons. The molecule has 0 aromatic heterocycles. The van der Waals surface area contributed by atoms with Gasteiger partial charge in [-0.05, 0) is 60.2 Å². The summed E-state index contributed by atoms with van der Waals surface area (Å²) in [6.45, 7) is 2.68. The summed E-state index contributed by atoms with van der Waals surface area (Å²) in [4.78, 5) is 14.4. The van der Waals surface area contributed by atoms with Crippen molar-refractivity contribution in [2.45, 2.75) is 25.8 Å². The average Bonchev–Trinajstić information content (AvgIpc) is 2.72. The van der Waals surface area contributed by atoms with Crippen molar-refractivity contribution in [1.82, 2.24) is 4.90 Å². The molecule has 1 aliphatic heterocycles. The molecule has 0 unspecified atom stereocenters. The molecule has 0 saturated heterocycles. The van der Waals surface area contributed by atoms with E-state index >= 15 is 0 Å². The maximum Gasteiger partial charge on any atom is 0.410 e. The van der Waals surface area contributed by atoms with Crippen LogP contribution in [0.25, 0.3) is 11.1 Å². The van der Waals surface area contributed by atoms with Crippen LogP contribution in [0.5, 0.6) is 23.0 Å². The third-order valence-corrected chi connectivity index (χ3v) is 5.72. The first kappa shape index (κ1) is 19.2. The predicted molar refractivity (Wildman–Crippen MR) is 107 cm³/mol. The molecule has 1 amide bonds. The van der Waals surface area contributed by atoms with Gasteiger partial charge in [-0.25, -0.2) is 4.79 Å². The molecule has 4 rings (SSSR count). The number of methoxy groups -OCH3 is 3. The molecule has 2 aromatic carbocycles. The highest BCUT2D eigenvalue weighted by atomic mass is 16.6. The van der Waals surface area contributed by atoms with Crippen molar-refractivity contribution in [2.75, 3.05) is 34.5 Å². The minimum atomic E-state index is -0.329. The molecule has 0 fully saturated rings. The van der Waals surface area contributed by atoms with Crippen LogP contribution in [0.4, 0.5) is 4.79 Å². The number of hydrogen-bond donors (Lipinski definition) is 1.